The van der Waals surface area contributed by atoms with Gasteiger partial charge in [0.15, 0.2) is 0 Å². The van der Waals surface area contributed by atoms with Crippen molar-refractivity contribution in [2.24, 2.45) is 0 Å². The van der Waals surface area contributed by atoms with E-state index in [-0.39, 0.29) is 0 Å². The summed E-state index contributed by atoms with van der Waals surface area (Å²) >= 11 is 0. The third-order valence-corrected chi connectivity index (χ3v) is 7.94. The Bertz CT molecular complexity index is 2400. The summed E-state index contributed by atoms with van der Waals surface area (Å²) in [5, 5.41) is 23.9. The molecule has 0 radical (unpaired) electrons. The maximum Gasteiger partial charge on any atom is 0.135 e. The number of hydrogen-bond acceptors (Lipinski definition) is 4. The van der Waals surface area contributed by atoms with Gasteiger partial charge >= 0.3 is 0 Å². The summed E-state index contributed by atoms with van der Waals surface area (Å²) in [6, 6.07) is 42.7. The summed E-state index contributed by atoms with van der Waals surface area (Å²) in [5.74, 6) is 0. The summed E-state index contributed by atoms with van der Waals surface area (Å²) in [4.78, 5) is 4.58. The van der Waals surface area contributed by atoms with Crippen LogP contribution in [0.4, 0.5) is 0 Å². The maximum atomic E-state index is 9.87. The molecule has 0 saturated heterocycles. The van der Waals surface area contributed by atoms with Gasteiger partial charge in [0.2, 0.25) is 0 Å². The second-order valence-electron chi connectivity index (χ2n) is 10.2. The lowest BCUT2D eigenvalue weighted by molar-refractivity contribution is 0.669. The van der Waals surface area contributed by atoms with E-state index in [0.717, 1.165) is 66.3 Å². The van der Waals surface area contributed by atoms with Gasteiger partial charge in [-0.15, -0.1) is 0 Å². The van der Waals surface area contributed by atoms with Gasteiger partial charge in [-0.2, -0.15) is 10.5 Å². The minimum atomic E-state index is 0.476. The lowest BCUT2D eigenvalue weighted by Crippen LogP contribution is -1.94. The monoisotopic (exact) mass is 536 g/mol. The van der Waals surface area contributed by atoms with Crippen molar-refractivity contribution in [3.63, 3.8) is 0 Å². The average molecular weight is 537 g/mol. The fraction of sp³-hybridized carbons (Fsp3) is 0. The summed E-state index contributed by atoms with van der Waals surface area (Å²) < 4.78 is 8.37. The van der Waals surface area contributed by atoms with E-state index in [9.17, 15) is 10.5 Å². The van der Waals surface area contributed by atoms with Gasteiger partial charge in [0, 0.05) is 44.6 Å². The molecule has 42 heavy (non-hydrogen) atoms. The fourth-order valence-corrected chi connectivity index (χ4v) is 6.05. The van der Waals surface area contributed by atoms with Crippen LogP contribution in [0.1, 0.15) is 11.1 Å². The molecule has 0 atom stereocenters. The number of benzene rings is 5. The number of para-hydroxylation sites is 1. The van der Waals surface area contributed by atoms with Gasteiger partial charge in [0.05, 0.1) is 40.0 Å². The lowest BCUT2D eigenvalue weighted by Gasteiger charge is -2.10. The quantitative estimate of drug-likeness (QED) is 0.225. The van der Waals surface area contributed by atoms with Gasteiger partial charge < -0.3 is 8.98 Å². The first-order chi connectivity index (χ1) is 20.7. The van der Waals surface area contributed by atoms with Gasteiger partial charge in [-0.1, -0.05) is 42.5 Å². The predicted octanol–water partition coefficient (Wildman–Crippen LogP) is 9.16. The van der Waals surface area contributed by atoms with E-state index in [1.807, 2.05) is 48.5 Å². The summed E-state index contributed by atoms with van der Waals surface area (Å²) in [6.07, 6.45) is 1.80. The van der Waals surface area contributed by atoms with Crippen molar-refractivity contribution in [3.8, 4) is 40.2 Å². The van der Waals surface area contributed by atoms with Crippen LogP contribution in [0.5, 0.6) is 0 Å². The molecule has 194 valence electrons. The topological polar surface area (TPSA) is 78.5 Å². The molecule has 5 aromatic carbocycles. The number of rotatable bonds is 3. The number of pyridine rings is 1. The van der Waals surface area contributed by atoms with Gasteiger partial charge in [-0.3, -0.25) is 4.98 Å². The Morgan fingerprint density at radius 1 is 0.571 bits per heavy atom. The van der Waals surface area contributed by atoms with Crippen LogP contribution < -0.4 is 0 Å². The Hall–Kier alpha value is -6.17. The number of nitrogens with zero attached hydrogens (tertiary/aromatic N) is 4. The third-order valence-electron chi connectivity index (χ3n) is 7.94. The first-order valence-electron chi connectivity index (χ1n) is 13.6. The molecule has 0 aliphatic carbocycles. The Morgan fingerprint density at radius 3 is 2.00 bits per heavy atom. The van der Waals surface area contributed by atoms with E-state index in [1.165, 1.54) is 0 Å². The molecular weight excluding hydrogens is 516 g/mol. The SMILES string of the molecule is N#Cc1cccc(C#N)c1-c1ccc2c(c1)c1cc(-c3ccccn3)ccc1n2-c1ccc2oc3ccccc3c2c1. The van der Waals surface area contributed by atoms with Crippen molar-refractivity contribution in [2.75, 3.05) is 0 Å². The first kappa shape index (κ1) is 23.7. The number of aromatic nitrogens is 2. The van der Waals surface area contributed by atoms with Crippen LogP contribution in [-0.2, 0) is 0 Å². The lowest BCUT2D eigenvalue weighted by atomic mass is 9.94. The number of hydrogen-bond donors (Lipinski definition) is 0. The molecule has 3 heterocycles. The molecule has 0 fully saturated rings. The predicted molar refractivity (Wildman–Crippen MR) is 166 cm³/mol. The zero-order chi connectivity index (χ0) is 28.2. The van der Waals surface area contributed by atoms with E-state index >= 15 is 0 Å². The van der Waals surface area contributed by atoms with Crippen molar-refractivity contribution >= 4 is 43.7 Å². The highest BCUT2D eigenvalue weighted by molar-refractivity contribution is 6.12. The van der Waals surface area contributed by atoms with Crippen LogP contribution in [0.25, 0.3) is 71.8 Å². The summed E-state index contributed by atoms with van der Waals surface area (Å²) in [6.45, 7) is 0. The van der Waals surface area contributed by atoms with E-state index in [0.29, 0.717) is 16.7 Å². The molecule has 0 unspecified atom stereocenters. The van der Waals surface area contributed by atoms with Crippen molar-refractivity contribution < 1.29 is 4.42 Å². The molecule has 0 saturated carbocycles. The van der Waals surface area contributed by atoms with Crippen LogP contribution in [0, 0.1) is 22.7 Å². The maximum absolute atomic E-state index is 9.87. The Kier molecular flexibility index (Phi) is 5.19. The Balaban J connectivity index is 1.44. The molecule has 8 rings (SSSR count). The Morgan fingerprint density at radius 2 is 1.26 bits per heavy atom. The third kappa shape index (κ3) is 3.52. The summed E-state index contributed by atoms with van der Waals surface area (Å²) in [7, 11) is 0. The minimum absolute atomic E-state index is 0.476. The van der Waals surface area contributed by atoms with Crippen LogP contribution in [0.3, 0.4) is 0 Å². The number of fused-ring (bicyclic) bond motifs is 6. The smallest absolute Gasteiger partial charge is 0.135 e. The fourth-order valence-electron chi connectivity index (χ4n) is 6.05. The van der Waals surface area contributed by atoms with Crippen molar-refractivity contribution in [2.45, 2.75) is 0 Å². The molecule has 3 aromatic heterocycles. The molecule has 5 nitrogen and oxygen atoms in total. The van der Waals surface area contributed by atoms with E-state index < -0.39 is 0 Å². The first-order valence-corrected chi connectivity index (χ1v) is 13.6. The second kappa shape index (κ2) is 9.20. The number of nitriles is 2. The van der Waals surface area contributed by atoms with Crippen LogP contribution in [0.15, 0.2) is 126 Å². The minimum Gasteiger partial charge on any atom is -0.456 e. The standard InChI is InChI=1S/C37H20N4O/c38-21-25-6-5-7-26(22-39)37(25)24-12-15-34-30(19-24)29-18-23(32-9-3-4-17-40-32)11-14-33(29)41(34)27-13-16-36-31(20-27)28-8-1-2-10-35(28)42-36/h1-20H. The average Bonchev–Trinajstić information content (AvgIpc) is 3.59. The molecular formula is C37H20N4O. The Labute approximate surface area is 240 Å². The van der Waals surface area contributed by atoms with Crippen molar-refractivity contribution in [3.05, 3.63) is 133 Å². The molecule has 8 aromatic rings. The highest BCUT2D eigenvalue weighted by Crippen LogP contribution is 2.39. The highest BCUT2D eigenvalue weighted by Gasteiger charge is 2.18. The van der Waals surface area contributed by atoms with Gasteiger partial charge in [-0.05, 0) is 78.4 Å². The van der Waals surface area contributed by atoms with Gasteiger partial charge in [0.25, 0.3) is 0 Å². The van der Waals surface area contributed by atoms with E-state index in [1.54, 1.807) is 24.4 Å². The zero-order valence-corrected chi connectivity index (χ0v) is 22.2. The highest BCUT2D eigenvalue weighted by atomic mass is 16.3. The van der Waals surface area contributed by atoms with Crippen LogP contribution in [0.2, 0.25) is 0 Å². The van der Waals surface area contributed by atoms with Crippen molar-refractivity contribution in [1.29, 1.82) is 10.5 Å². The largest absolute Gasteiger partial charge is 0.456 e. The molecule has 0 bridgehead atoms. The van der Waals surface area contributed by atoms with Crippen LogP contribution >= 0.6 is 0 Å². The van der Waals surface area contributed by atoms with Crippen molar-refractivity contribution in [1.82, 2.24) is 9.55 Å². The van der Waals surface area contributed by atoms with E-state index in [2.05, 4.69) is 70.2 Å². The molecule has 0 aliphatic heterocycles. The zero-order valence-electron chi connectivity index (χ0n) is 22.2. The second-order valence-corrected chi connectivity index (χ2v) is 10.2. The number of furan rings is 1. The molecule has 0 spiro atoms. The normalized spacial score (nSPS) is 11.3. The summed E-state index contributed by atoms with van der Waals surface area (Å²) in [5.41, 5.74) is 9.12. The van der Waals surface area contributed by atoms with Gasteiger partial charge in [-0.25, -0.2) is 0 Å². The molecule has 0 N–H and O–H groups in total. The van der Waals surface area contributed by atoms with E-state index in [4.69, 9.17) is 4.42 Å². The van der Waals surface area contributed by atoms with Crippen LogP contribution in [-0.4, -0.2) is 9.55 Å². The molecule has 5 heteroatoms. The molecule has 0 aliphatic rings. The molecule has 0 amide bonds. The van der Waals surface area contributed by atoms with Gasteiger partial charge in [0.1, 0.15) is 11.2 Å².